The summed E-state index contributed by atoms with van der Waals surface area (Å²) >= 11 is 11.0. The summed E-state index contributed by atoms with van der Waals surface area (Å²) < 4.78 is 13.1. The maximum Gasteiger partial charge on any atom is 0.235 e. The molecule has 0 aliphatic rings. The van der Waals surface area contributed by atoms with Crippen LogP contribution in [0.15, 0.2) is 18.2 Å². The van der Waals surface area contributed by atoms with Gasteiger partial charge >= 0.3 is 0 Å². The lowest BCUT2D eigenvalue weighted by atomic mass is 10.0. The monoisotopic (exact) mass is 279 g/mol. The Labute approximate surface area is 109 Å². The van der Waals surface area contributed by atoms with Gasteiger partial charge in [0.1, 0.15) is 11.7 Å². The van der Waals surface area contributed by atoms with Gasteiger partial charge in [-0.05, 0) is 30.7 Å². The number of hydrogen-bond donors (Lipinski definition) is 2. The third-order valence-corrected chi connectivity index (χ3v) is 2.67. The number of aliphatic hydroxyl groups is 1. The molecule has 0 saturated carbocycles. The van der Waals surface area contributed by atoms with Gasteiger partial charge in [0.05, 0.1) is 12.1 Å². The second kappa shape index (κ2) is 6.19. The lowest BCUT2D eigenvalue weighted by Gasteiger charge is -2.20. The van der Waals surface area contributed by atoms with E-state index in [4.69, 9.17) is 23.2 Å². The van der Waals surface area contributed by atoms with Crippen LogP contribution in [0.4, 0.5) is 4.39 Å². The van der Waals surface area contributed by atoms with Crippen LogP contribution in [0.5, 0.6) is 0 Å². The van der Waals surface area contributed by atoms with Gasteiger partial charge in [-0.15, -0.1) is 11.6 Å². The third-order valence-electron chi connectivity index (χ3n) is 2.21. The number of carbonyl (C=O) groups is 1. The number of nitrogens with one attached hydrogen (secondary N) is 1. The van der Waals surface area contributed by atoms with Crippen LogP contribution < -0.4 is 5.32 Å². The molecule has 2 atom stereocenters. The molecular weight excluding hydrogens is 268 g/mol. The largest absolute Gasteiger partial charge is 0.386 e. The zero-order valence-electron chi connectivity index (χ0n) is 9.08. The lowest BCUT2D eigenvalue weighted by Crippen LogP contribution is -2.37. The molecule has 0 spiro atoms. The summed E-state index contributed by atoms with van der Waals surface area (Å²) in [6.07, 6.45) is -1.05. The molecule has 0 heterocycles. The van der Waals surface area contributed by atoms with Gasteiger partial charge in [-0.25, -0.2) is 4.39 Å². The summed E-state index contributed by atoms with van der Waals surface area (Å²) in [5.41, 5.74) is 0.303. The van der Waals surface area contributed by atoms with Crippen molar-refractivity contribution in [1.29, 1.82) is 0 Å². The number of carbonyl (C=O) groups excluding carboxylic acids is 1. The number of amides is 1. The summed E-state index contributed by atoms with van der Waals surface area (Å²) in [5.74, 6) is -1.14. The van der Waals surface area contributed by atoms with Crippen LogP contribution in [-0.4, -0.2) is 22.9 Å². The second-order valence-corrected chi connectivity index (χ2v) is 4.34. The lowest BCUT2D eigenvalue weighted by molar-refractivity contribution is -0.120. The molecule has 17 heavy (non-hydrogen) atoms. The summed E-state index contributed by atoms with van der Waals surface area (Å²) in [5, 5.41) is 12.6. The van der Waals surface area contributed by atoms with Crippen molar-refractivity contribution in [3.63, 3.8) is 0 Å². The number of rotatable bonds is 4. The van der Waals surface area contributed by atoms with Crippen molar-refractivity contribution in [1.82, 2.24) is 5.32 Å². The Kier molecular flexibility index (Phi) is 5.18. The van der Waals surface area contributed by atoms with E-state index in [0.29, 0.717) is 5.56 Å². The van der Waals surface area contributed by atoms with Crippen molar-refractivity contribution in [2.24, 2.45) is 0 Å². The summed E-state index contributed by atoms with van der Waals surface area (Å²) in [6, 6.07) is 3.16. The fourth-order valence-corrected chi connectivity index (χ4v) is 1.71. The minimum Gasteiger partial charge on any atom is -0.386 e. The van der Waals surface area contributed by atoms with E-state index in [0.717, 1.165) is 6.07 Å². The first-order valence-electron chi connectivity index (χ1n) is 4.93. The van der Waals surface area contributed by atoms with Gasteiger partial charge in [-0.3, -0.25) is 4.79 Å². The summed E-state index contributed by atoms with van der Waals surface area (Å²) in [4.78, 5) is 11.0. The fraction of sp³-hybridized carbons (Fsp3) is 0.364. The van der Waals surface area contributed by atoms with Crippen LogP contribution in [0.2, 0.25) is 5.02 Å². The van der Waals surface area contributed by atoms with Crippen LogP contribution >= 0.6 is 23.2 Å². The van der Waals surface area contributed by atoms with E-state index in [-0.39, 0.29) is 10.9 Å². The highest BCUT2D eigenvalue weighted by molar-refractivity contribution is 6.30. The van der Waals surface area contributed by atoms with Gasteiger partial charge in [0, 0.05) is 5.02 Å². The first-order valence-corrected chi connectivity index (χ1v) is 5.84. The number of hydrogen-bond acceptors (Lipinski definition) is 2. The zero-order chi connectivity index (χ0) is 13.0. The highest BCUT2D eigenvalue weighted by Crippen LogP contribution is 2.22. The highest BCUT2D eigenvalue weighted by Gasteiger charge is 2.19. The number of alkyl halides is 1. The average Bonchev–Trinajstić information content (AvgIpc) is 2.26. The van der Waals surface area contributed by atoms with Gasteiger partial charge < -0.3 is 10.4 Å². The highest BCUT2D eigenvalue weighted by atomic mass is 35.5. The molecule has 0 saturated heterocycles. The van der Waals surface area contributed by atoms with Gasteiger partial charge in [0.2, 0.25) is 5.91 Å². The van der Waals surface area contributed by atoms with Crippen molar-refractivity contribution in [3.05, 3.63) is 34.6 Å². The smallest absolute Gasteiger partial charge is 0.235 e. The van der Waals surface area contributed by atoms with Gasteiger partial charge in [0.25, 0.3) is 0 Å². The average molecular weight is 280 g/mol. The Morgan fingerprint density at radius 3 is 2.71 bits per heavy atom. The van der Waals surface area contributed by atoms with Crippen LogP contribution in [0, 0.1) is 5.82 Å². The number of benzene rings is 1. The third kappa shape index (κ3) is 4.15. The first kappa shape index (κ1) is 14.2. The van der Waals surface area contributed by atoms with Gasteiger partial charge in [0.15, 0.2) is 0 Å². The summed E-state index contributed by atoms with van der Waals surface area (Å²) in [6.45, 7) is 1.59. The van der Waals surface area contributed by atoms with E-state index in [1.807, 2.05) is 0 Å². The minimum absolute atomic E-state index is 0.190. The SMILES string of the molecule is CC(NC(=O)CCl)C(O)c1cc(F)cc(Cl)c1. The Morgan fingerprint density at radius 2 is 2.18 bits per heavy atom. The molecule has 0 aliphatic carbocycles. The number of aliphatic hydroxyl groups excluding tert-OH is 1. The van der Waals surface area contributed by atoms with E-state index >= 15 is 0 Å². The van der Waals surface area contributed by atoms with Gasteiger partial charge in [-0.1, -0.05) is 11.6 Å². The molecule has 0 aromatic heterocycles. The van der Waals surface area contributed by atoms with Crippen molar-refractivity contribution in [2.75, 3.05) is 5.88 Å². The van der Waals surface area contributed by atoms with Crippen LogP contribution in [0.1, 0.15) is 18.6 Å². The van der Waals surface area contributed by atoms with E-state index in [1.165, 1.54) is 12.1 Å². The molecule has 1 amide bonds. The molecule has 1 aromatic rings. The Hall–Kier alpha value is -0.840. The molecule has 0 bridgehead atoms. The quantitative estimate of drug-likeness (QED) is 0.831. The molecule has 3 nitrogen and oxygen atoms in total. The molecular formula is C11H12Cl2FNO2. The zero-order valence-corrected chi connectivity index (χ0v) is 10.6. The maximum atomic E-state index is 13.1. The van der Waals surface area contributed by atoms with Crippen molar-refractivity contribution < 1.29 is 14.3 Å². The van der Waals surface area contributed by atoms with Crippen molar-refractivity contribution >= 4 is 29.1 Å². The molecule has 2 N–H and O–H groups in total. The first-order chi connectivity index (χ1) is 7.93. The Morgan fingerprint density at radius 1 is 1.53 bits per heavy atom. The molecule has 0 radical (unpaired) electrons. The van der Waals surface area contributed by atoms with Crippen LogP contribution in [-0.2, 0) is 4.79 Å². The van der Waals surface area contributed by atoms with E-state index < -0.39 is 23.9 Å². The molecule has 0 aliphatic heterocycles. The van der Waals surface area contributed by atoms with Crippen LogP contribution in [0.3, 0.4) is 0 Å². The minimum atomic E-state index is -1.05. The van der Waals surface area contributed by atoms with Gasteiger partial charge in [-0.2, -0.15) is 0 Å². The van der Waals surface area contributed by atoms with E-state index in [2.05, 4.69) is 5.32 Å². The Balaban J connectivity index is 2.80. The molecule has 6 heteroatoms. The van der Waals surface area contributed by atoms with Crippen molar-refractivity contribution in [3.8, 4) is 0 Å². The molecule has 2 unspecified atom stereocenters. The fourth-order valence-electron chi connectivity index (χ4n) is 1.41. The molecule has 0 fully saturated rings. The normalized spacial score (nSPS) is 14.2. The molecule has 94 valence electrons. The van der Waals surface area contributed by atoms with E-state index in [9.17, 15) is 14.3 Å². The standard InChI is InChI=1S/C11H12Cl2FNO2/c1-6(15-10(16)5-12)11(17)7-2-8(13)4-9(14)3-7/h2-4,6,11,17H,5H2,1H3,(H,15,16). The predicted octanol–water partition coefficient (Wildman–Crippen LogP) is 2.26. The summed E-state index contributed by atoms with van der Waals surface area (Å²) in [7, 11) is 0. The van der Waals surface area contributed by atoms with Crippen molar-refractivity contribution in [2.45, 2.75) is 19.1 Å². The van der Waals surface area contributed by atoms with Crippen LogP contribution in [0.25, 0.3) is 0 Å². The maximum absolute atomic E-state index is 13.1. The predicted molar refractivity (Wildman–Crippen MR) is 64.7 cm³/mol. The topological polar surface area (TPSA) is 49.3 Å². The molecule has 1 aromatic carbocycles. The Bertz CT molecular complexity index is 394. The molecule has 1 rings (SSSR count). The van der Waals surface area contributed by atoms with E-state index in [1.54, 1.807) is 6.92 Å². The second-order valence-electron chi connectivity index (χ2n) is 3.64. The number of halogens is 3.